The summed E-state index contributed by atoms with van der Waals surface area (Å²) >= 11 is 0. The van der Waals surface area contributed by atoms with Gasteiger partial charge in [-0.2, -0.15) is 5.01 Å². The quantitative estimate of drug-likeness (QED) is 0.780. The van der Waals surface area contributed by atoms with E-state index in [1.165, 1.54) is 0 Å². The van der Waals surface area contributed by atoms with Crippen molar-refractivity contribution in [3.63, 3.8) is 0 Å². The number of hydrazine groups is 1. The van der Waals surface area contributed by atoms with Gasteiger partial charge in [-0.1, -0.05) is 30.3 Å². The third kappa shape index (κ3) is 3.31. The molecule has 144 valence electrons. The minimum Gasteiger partial charge on any atom is -0.493 e. The number of imide groups is 1. The molecular weight excluding hydrogens is 358 g/mol. The normalized spacial score (nSPS) is 20.5. The summed E-state index contributed by atoms with van der Waals surface area (Å²) in [4.78, 5) is 37.7. The summed E-state index contributed by atoms with van der Waals surface area (Å²) < 4.78 is 5.43. The van der Waals surface area contributed by atoms with E-state index in [1.807, 2.05) is 30.3 Å². The molecule has 1 atom stereocenters. The highest BCUT2D eigenvalue weighted by molar-refractivity contribution is 6.09. The van der Waals surface area contributed by atoms with Crippen LogP contribution in [-0.4, -0.2) is 35.0 Å². The van der Waals surface area contributed by atoms with E-state index in [9.17, 15) is 14.4 Å². The monoisotopic (exact) mass is 379 g/mol. The molecule has 0 unspecified atom stereocenters. The standard InChI is InChI=1S/C21H21N3O4/c1-21(11-9-14-5-3-2-4-6-14)19(26)24(20(27)22-21)23-18(25)16-7-8-17-15(13-16)10-12-28-17/h2-8,13H,9-12H2,1H3,(H,22,27)(H,23,25)/t21-/m0/s1. The van der Waals surface area contributed by atoms with Crippen LogP contribution < -0.4 is 15.5 Å². The molecule has 2 heterocycles. The molecule has 2 N–H and O–H groups in total. The second kappa shape index (κ2) is 6.99. The fourth-order valence-corrected chi connectivity index (χ4v) is 3.49. The minimum absolute atomic E-state index is 0.378. The molecular formula is C21H21N3O4. The van der Waals surface area contributed by atoms with Gasteiger partial charge < -0.3 is 10.1 Å². The van der Waals surface area contributed by atoms with E-state index in [1.54, 1.807) is 25.1 Å². The van der Waals surface area contributed by atoms with Gasteiger partial charge in [0.1, 0.15) is 11.3 Å². The number of carbonyl (C=O) groups is 3. The summed E-state index contributed by atoms with van der Waals surface area (Å²) in [5, 5.41) is 3.48. The Labute approximate surface area is 162 Å². The molecule has 0 saturated carbocycles. The molecule has 2 aliphatic rings. The van der Waals surface area contributed by atoms with Gasteiger partial charge in [-0.25, -0.2) is 4.79 Å². The van der Waals surface area contributed by atoms with Crippen molar-refractivity contribution in [3.05, 3.63) is 65.2 Å². The van der Waals surface area contributed by atoms with Crippen LogP contribution in [0.1, 0.15) is 34.8 Å². The Morgan fingerprint density at radius 2 is 2.00 bits per heavy atom. The Hall–Kier alpha value is -3.35. The molecule has 0 spiro atoms. The van der Waals surface area contributed by atoms with Crippen LogP contribution in [0, 0.1) is 0 Å². The number of rotatable bonds is 5. The lowest BCUT2D eigenvalue weighted by Gasteiger charge is -2.21. The maximum Gasteiger partial charge on any atom is 0.344 e. The number of amides is 4. The number of aryl methyl sites for hydroxylation is 1. The number of hydrogen-bond acceptors (Lipinski definition) is 4. The van der Waals surface area contributed by atoms with Crippen LogP contribution in [0.3, 0.4) is 0 Å². The Morgan fingerprint density at radius 3 is 2.79 bits per heavy atom. The average Bonchev–Trinajstić information content (AvgIpc) is 3.25. The fraction of sp³-hybridized carbons (Fsp3) is 0.286. The van der Waals surface area contributed by atoms with E-state index in [0.717, 1.165) is 28.3 Å². The summed E-state index contributed by atoms with van der Waals surface area (Å²) in [6, 6.07) is 14.2. The molecule has 1 saturated heterocycles. The molecule has 0 bridgehead atoms. The number of nitrogens with zero attached hydrogens (tertiary/aromatic N) is 1. The number of ether oxygens (including phenoxy) is 1. The molecule has 2 aromatic carbocycles. The van der Waals surface area contributed by atoms with Crippen LogP contribution in [0.25, 0.3) is 0 Å². The Morgan fingerprint density at radius 1 is 1.21 bits per heavy atom. The number of fused-ring (bicyclic) bond motifs is 1. The van der Waals surface area contributed by atoms with E-state index in [2.05, 4.69) is 10.7 Å². The minimum atomic E-state index is -1.06. The van der Waals surface area contributed by atoms with E-state index >= 15 is 0 Å². The van der Waals surface area contributed by atoms with Gasteiger partial charge in [-0.15, -0.1) is 0 Å². The molecule has 28 heavy (non-hydrogen) atoms. The van der Waals surface area contributed by atoms with E-state index in [-0.39, 0.29) is 0 Å². The Bertz CT molecular complexity index is 944. The molecule has 1 fully saturated rings. The maximum absolute atomic E-state index is 12.8. The second-order valence-electron chi connectivity index (χ2n) is 7.25. The molecule has 0 radical (unpaired) electrons. The van der Waals surface area contributed by atoms with Crippen molar-refractivity contribution in [3.8, 4) is 5.75 Å². The first kappa shape index (κ1) is 18.0. The van der Waals surface area contributed by atoms with Gasteiger partial charge in [0.05, 0.1) is 6.61 Å². The van der Waals surface area contributed by atoms with Gasteiger partial charge in [0.2, 0.25) is 0 Å². The van der Waals surface area contributed by atoms with Crippen LogP contribution in [0.4, 0.5) is 4.79 Å². The largest absolute Gasteiger partial charge is 0.493 e. The molecule has 4 rings (SSSR count). The Kier molecular flexibility index (Phi) is 4.50. The summed E-state index contributed by atoms with van der Waals surface area (Å²) in [5.74, 6) is -0.211. The topological polar surface area (TPSA) is 87.7 Å². The van der Waals surface area contributed by atoms with Gasteiger partial charge in [-0.3, -0.25) is 15.0 Å². The number of nitrogens with one attached hydrogen (secondary N) is 2. The molecule has 0 aliphatic carbocycles. The van der Waals surface area contributed by atoms with Crippen LogP contribution >= 0.6 is 0 Å². The molecule has 2 aliphatic heterocycles. The maximum atomic E-state index is 12.8. The second-order valence-corrected chi connectivity index (χ2v) is 7.25. The van der Waals surface area contributed by atoms with Gasteiger partial charge >= 0.3 is 6.03 Å². The average molecular weight is 379 g/mol. The van der Waals surface area contributed by atoms with Crippen molar-refractivity contribution >= 4 is 17.8 Å². The zero-order chi connectivity index (χ0) is 19.7. The van der Waals surface area contributed by atoms with Gasteiger partial charge in [0.15, 0.2) is 0 Å². The number of hydrogen-bond donors (Lipinski definition) is 2. The van der Waals surface area contributed by atoms with E-state index in [4.69, 9.17) is 4.74 Å². The number of carbonyl (C=O) groups excluding carboxylic acids is 3. The molecule has 0 aromatic heterocycles. The number of urea groups is 1. The van der Waals surface area contributed by atoms with Gasteiger partial charge in [0, 0.05) is 12.0 Å². The highest BCUT2D eigenvalue weighted by Crippen LogP contribution is 2.26. The fourth-order valence-electron chi connectivity index (χ4n) is 3.49. The Balaban J connectivity index is 1.44. The molecule has 7 heteroatoms. The van der Waals surface area contributed by atoms with Crippen LogP contribution in [-0.2, 0) is 17.6 Å². The summed E-state index contributed by atoms with van der Waals surface area (Å²) in [7, 11) is 0. The van der Waals surface area contributed by atoms with Crippen molar-refractivity contribution < 1.29 is 19.1 Å². The van der Waals surface area contributed by atoms with Crippen molar-refractivity contribution in [2.75, 3.05) is 6.61 Å². The zero-order valence-electron chi connectivity index (χ0n) is 15.5. The van der Waals surface area contributed by atoms with Crippen molar-refractivity contribution in [2.24, 2.45) is 0 Å². The summed E-state index contributed by atoms with van der Waals surface area (Å²) in [5.41, 5.74) is 3.76. The lowest BCUT2D eigenvalue weighted by atomic mass is 9.93. The smallest absolute Gasteiger partial charge is 0.344 e. The number of benzene rings is 2. The highest BCUT2D eigenvalue weighted by Gasteiger charge is 2.48. The molecule has 4 amide bonds. The van der Waals surface area contributed by atoms with E-state index < -0.39 is 23.4 Å². The van der Waals surface area contributed by atoms with Crippen molar-refractivity contribution in [1.82, 2.24) is 15.8 Å². The predicted molar refractivity (Wildman–Crippen MR) is 102 cm³/mol. The molecule has 2 aromatic rings. The summed E-state index contributed by atoms with van der Waals surface area (Å²) in [6.45, 7) is 2.27. The van der Waals surface area contributed by atoms with Crippen LogP contribution in [0.15, 0.2) is 48.5 Å². The van der Waals surface area contributed by atoms with Crippen molar-refractivity contribution in [1.29, 1.82) is 0 Å². The van der Waals surface area contributed by atoms with Gasteiger partial charge in [-0.05, 0) is 49.1 Å². The summed E-state index contributed by atoms with van der Waals surface area (Å²) in [6.07, 6.45) is 1.80. The zero-order valence-corrected chi connectivity index (χ0v) is 15.5. The third-order valence-corrected chi connectivity index (χ3v) is 5.18. The van der Waals surface area contributed by atoms with Crippen LogP contribution in [0.2, 0.25) is 0 Å². The predicted octanol–water partition coefficient (Wildman–Crippen LogP) is 2.21. The molecule has 7 nitrogen and oxygen atoms in total. The lowest BCUT2D eigenvalue weighted by Crippen LogP contribution is -2.49. The first-order valence-electron chi connectivity index (χ1n) is 9.24. The van der Waals surface area contributed by atoms with Gasteiger partial charge in [0.25, 0.3) is 11.8 Å². The third-order valence-electron chi connectivity index (χ3n) is 5.18. The highest BCUT2D eigenvalue weighted by atomic mass is 16.5. The first-order chi connectivity index (χ1) is 13.5. The first-order valence-corrected chi connectivity index (χ1v) is 9.24. The SMILES string of the molecule is C[C@@]1(CCc2ccccc2)NC(=O)N(NC(=O)c2ccc3c(c2)CCO3)C1=O. The van der Waals surface area contributed by atoms with Crippen LogP contribution in [0.5, 0.6) is 5.75 Å². The van der Waals surface area contributed by atoms with Crippen molar-refractivity contribution in [2.45, 2.75) is 31.7 Å². The van der Waals surface area contributed by atoms with E-state index in [0.29, 0.717) is 25.0 Å². The lowest BCUT2D eigenvalue weighted by molar-refractivity contribution is -0.132.